The molecule has 25 heavy (non-hydrogen) atoms. The van der Waals surface area contributed by atoms with Crippen molar-refractivity contribution in [3.63, 3.8) is 0 Å². The molecule has 3 aromatic carbocycles. The lowest BCUT2D eigenvalue weighted by atomic mass is 9.71. The van der Waals surface area contributed by atoms with Gasteiger partial charge < -0.3 is 0 Å². The van der Waals surface area contributed by atoms with Gasteiger partial charge in [-0.15, -0.1) is 0 Å². The summed E-state index contributed by atoms with van der Waals surface area (Å²) in [5.41, 5.74) is 12.3. The van der Waals surface area contributed by atoms with Gasteiger partial charge in [-0.1, -0.05) is 67.6 Å². The maximum Gasteiger partial charge on any atom is -0.000695 e. The molecule has 0 aliphatic heterocycles. The van der Waals surface area contributed by atoms with Gasteiger partial charge in [-0.2, -0.15) is 0 Å². The largest absolute Gasteiger partial charge is 0.0801 e. The van der Waals surface area contributed by atoms with Crippen LogP contribution in [0, 0.1) is 0 Å². The Morgan fingerprint density at radius 2 is 1.72 bits per heavy atom. The molecule has 6 rings (SSSR count). The summed E-state index contributed by atoms with van der Waals surface area (Å²) in [6.07, 6.45) is 10.1. The molecule has 0 N–H and O–H groups in total. The van der Waals surface area contributed by atoms with Crippen LogP contribution in [-0.4, -0.2) is 0 Å². The summed E-state index contributed by atoms with van der Waals surface area (Å²) in [5.74, 6) is 0.683. The van der Waals surface area contributed by atoms with Crippen LogP contribution in [-0.2, 0) is 12.8 Å². The summed E-state index contributed by atoms with van der Waals surface area (Å²) >= 11 is 0. The predicted octanol–water partition coefficient (Wildman–Crippen LogP) is 6.41. The smallest absolute Gasteiger partial charge is 0.000695 e. The van der Waals surface area contributed by atoms with Gasteiger partial charge in [0.2, 0.25) is 0 Å². The van der Waals surface area contributed by atoms with E-state index in [2.05, 4.69) is 67.6 Å². The van der Waals surface area contributed by atoms with Gasteiger partial charge in [0.05, 0.1) is 0 Å². The topological polar surface area (TPSA) is 0 Å². The van der Waals surface area contributed by atoms with Crippen LogP contribution in [0.15, 0.2) is 60.7 Å². The molecule has 0 aromatic heterocycles. The minimum atomic E-state index is 0.683. The Morgan fingerprint density at radius 3 is 2.48 bits per heavy atom. The third kappa shape index (κ3) is 1.67. The SMILES string of the molecule is CC1Cc2c1c1c(c3ccccc23)Cc2cccc(C3=CC=CC3)c2-1. The van der Waals surface area contributed by atoms with Crippen LogP contribution in [0.5, 0.6) is 0 Å². The van der Waals surface area contributed by atoms with Gasteiger partial charge in [0.25, 0.3) is 0 Å². The number of fused-ring (bicyclic) bond motifs is 8. The number of rotatable bonds is 1. The van der Waals surface area contributed by atoms with Crippen molar-refractivity contribution in [3.8, 4) is 11.1 Å². The molecule has 0 heteroatoms. The van der Waals surface area contributed by atoms with E-state index in [1.54, 1.807) is 22.3 Å². The molecule has 0 nitrogen and oxygen atoms in total. The molecule has 0 heterocycles. The highest BCUT2D eigenvalue weighted by Gasteiger charge is 2.35. The van der Waals surface area contributed by atoms with Crippen molar-refractivity contribution in [1.29, 1.82) is 0 Å². The Kier molecular flexibility index (Phi) is 2.58. The fraction of sp³-hybridized carbons (Fsp3) is 0.200. The van der Waals surface area contributed by atoms with Gasteiger partial charge in [-0.3, -0.25) is 0 Å². The normalized spacial score (nSPS) is 19.4. The zero-order chi connectivity index (χ0) is 16.5. The fourth-order valence-electron chi connectivity index (χ4n) is 5.26. The van der Waals surface area contributed by atoms with Gasteiger partial charge in [-0.25, -0.2) is 0 Å². The Bertz CT molecular complexity index is 1120. The molecule has 120 valence electrons. The number of benzene rings is 3. The van der Waals surface area contributed by atoms with Gasteiger partial charge in [0, 0.05) is 0 Å². The molecule has 0 fully saturated rings. The van der Waals surface area contributed by atoms with Crippen LogP contribution in [0.2, 0.25) is 0 Å². The molecular formula is C25H20. The van der Waals surface area contributed by atoms with E-state index in [1.807, 2.05) is 0 Å². The first-order valence-electron chi connectivity index (χ1n) is 9.37. The Balaban J connectivity index is 1.73. The molecule has 0 saturated heterocycles. The van der Waals surface area contributed by atoms with Crippen LogP contribution < -0.4 is 0 Å². The minimum absolute atomic E-state index is 0.683. The minimum Gasteiger partial charge on any atom is -0.0801 e. The average molecular weight is 320 g/mol. The van der Waals surface area contributed by atoms with Gasteiger partial charge in [0.1, 0.15) is 0 Å². The summed E-state index contributed by atoms with van der Waals surface area (Å²) < 4.78 is 0. The third-order valence-corrected chi connectivity index (χ3v) is 6.36. The van der Waals surface area contributed by atoms with Gasteiger partial charge in [-0.05, 0) is 80.5 Å². The molecule has 3 aliphatic rings. The first-order chi connectivity index (χ1) is 12.3. The van der Waals surface area contributed by atoms with E-state index in [-0.39, 0.29) is 0 Å². The van der Waals surface area contributed by atoms with E-state index < -0.39 is 0 Å². The second-order valence-corrected chi connectivity index (χ2v) is 7.74. The molecule has 0 saturated carbocycles. The monoisotopic (exact) mass is 320 g/mol. The molecule has 3 aromatic rings. The van der Waals surface area contributed by atoms with E-state index in [0.717, 1.165) is 12.8 Å². The van der Waals surface area contributed by atoms with Gasteiger partial charge >= 0.3 is 0 Å². The Labute approximate surface area is 148 Å². The van der Waals surface area contributed by atoms with Crippen molar-refractivity contribution in [2.45, 2.75) is 32.1 Å². The second-order valence-electron chi connectivity index (χ2n) is 7.74. The lowest BCUT2D eigenvalue weighted by molar-refractivity contribution is 0.676. The first kappa shape index (κ1) is 13.7. The maximum absolute atomic E-state index is 2.40. The molecule has 1 atom stereocenters. The van der Waals surface area contributed by atoms with Crippen LogP contribution in [0.4, 0.5) is 0 Å². The highest BCUT2D eigenvalue weighted by Crippen LogP contribution is 2.54. The summed E-state index contributed by atoms with van der Waals surface area (Å²) in [5, 5.41) is 2.97. The van der Waals surface area contributed by atoms with E-state index in [4.69, 9.17) is 0 Å². The van der Waals surface area contributed by atoms with Crippen LogP contribution >= 0.6 is 0 Å². The van der Waals surface area contributed by atoms with E-state index >= 15 is 0 Å². The van der Waals surface area contributed by atoms with Crippen molar-refractivity contribution in [3.05, 3.63) is 88.5 Å². The van der Waals surface area contributed by atoms with E-state index in [0.29, 0.717) is 5.92 Å². The Morgan fingerprint density at radius 1 is 0.880 bits per heavy atom. The van der Waals surface area contributed by atoms with E-state index in [9.17, 15) is 0 Å². The zero-order valence-corrected chi connectivity index (χ0v) is 14.5. The predicted molar refractivity (Wildman–Crippen MR) is 106 cm³/mol. The second kappa shape index (κ2) is 4.73. The highest BCUT2D eigenvalue weighted by molar-refractivity contribution is 6.03. The molecule has 0 radical (unpaired) electrons. The number of allylic oxidation sites excluding steroid dienone is 4. The molecule has 3 aliphatic carbocycles. The van der Waals surface area contributed by atoms with Crippen molar-refractivity contribution < 1.29 is 0 Å². The molecule has 0 spiro atoms. The van der Waals surface area contributed by atoms with Crippen LogP contribution in [0.3, 0.4) is 0 Å². The van der Waals surface area contributed by atoms with Crippen molar-refractivity contribution in [1.82, 2.24) is 0 Å². The fourth-order valence-corrected chi connectivity index (χ4v) is 5.26. The lowest BCUT2D eigenvalue weighted by Gasteiger charge is -2.33. The quantitative estimate of drug-likeness (QED) is 0.380. The third-order valence-electron chi connectivity index (χ3n) is 6.36. The summed E-state index contributed by atoms with van der Waals surface area (Å²) in [6.45, 7) is 2.40. The van der Waals surface area contributed by atoms with Crippen LogP contribution in [0.1, 0.15) is 47.1 Å². The average Bonchev–Trinajstić information content (AvgIpc) is 3.28. The molecule has 0 amide bonds. The van der Waals surface area contributed by atoms with Crippen molar-refractivity contribution in [2.24, 2.45) is 0 Å². The number of hydrogen-bond donors (Lipinski definition) is 0. The lowest BCUT2D eigenvalue weighted by Crippen LogP contribution is -2.17. The van der Waals surface area contributed by atoms with E-state index in [1.165, 1.54) is 39.5 Å². The summed E-state index contributed by atoms with van der Waals surface area (Å²) in [7, 11) is 0. The summed E-state index contributed by atoms with van der Waals surface area (Å²) in [6, 6.07) is 16.0. The zero-order valence-electron chi connectivity index (χ0n) is 14.5. The molecular weight excluding hydrogens is 300 g/mol. The molecule has 1 unspecified atom stereocenters. The highest BCUT2D eigenvalue weighted by atomic mass is 14.4. The Hall–Kier alpha value is -2.60. The van der Waals surface area contributed by atoms with Crippen molar-refractivity contribution >= 4 is 16.3 Å². The summed E-state index contributed by atoms with van der Waals surface area (Å²) in [4.78, 5) is 0. The standard InChI is InChI=1S/C25H20/c1-15-13-21-19-10-4-5-11-20(19)22-14-17-9-6-12-18(16-7-2-3-8-16)24(17)25(22)23(15)21/h2-7,9-12,15H,8,13-14H2,1H3. The van der Waals surface area contributed by atoms with Gasteiger partial charge in [0.15, 0.2) is 0 Å². The maximum atomic E-state index is 2.40. The molecule has 0 bridgehead atoms. The first-order valence-corrected chi connectivity index (χ1v) is 9.37. The number of hydrogen-bond acceptors (Lipinski definition) is 0. The van der Waals surface area contributed by atoms with Crippen LogP contribution in [0.25, 0.3) is 27.5 Å². The van der Waals surface area contributed by atoms with Crippen molar-refractivity contribution in [2.75, 3.05) is 0 Å².